The molecule has 0 spiro atoms. The third kappa shape index (κ3) is 3.88. The van der Waals surface area contributed by atoms with Crippen LogP contribution in [0.4, 0.5) is 5.69 Å². The molecule has 2 rings (SSSR count). The molecule has 8 nitrogen and oxygen atoms in total. The van der Waals surface area contributed by atoms with Crippen molar-refractivity contribution in [2.75, 3.05) is 19.0 Å². The predicted octanol–water partition coefficient (Wildman–Crippen LogP) is 0.622. The lowest BCUT2D eigenvalue weighted by molar-refractivity contribution is -0.120. The van der Waals surface area contributed by atoms with E-state index in [1.165, 1.54) is 19.4 Å². The molecular formula is C15H14N2O6. The van der Waals surface area contributed by atoms with Crippen molar-refractivity contribution in [3.8, 4) is 5.75 Å². The van der Waals surface area contributed by atoms with Gasteiger partial charge in [0.05, 0.1) is 12.8 Å². The summed E-state index contributed by atoms with van der Waals surface area (Å²) in [5.41, 5.74) is -0.849. The number of nitrogens with one attached hydrogen (secondary N) is 1. The number of ether oxygens (including phenoxy) is 1. The van der Waals surface area contributed by atoms with Gasteiger partial charge in [0.1, 0.15) is 11.3 Å². The normalized spacial score (nSPS) is 9.96. The number of hydrogen-bond acceptors (Lipinski definition) is 5. The van der Waals surface area contributed by atoms with Crippen molar-refractivity contribution < 1.29 is 24.3 Å². The molecule has 1 aromatic carbocycles. The number of aromatic nitrogens is 1. The number of carboxylic acid groups (broad SMARTS) is 1. The molecule has 0 saturated heterocycles. The molecule has 1 heterocycles. The standard InChI is InChI=1S/C15H14N2O6/c1-22-12-7-3-2-6-11(12)16-13(18)9-23-17-8-4-5-10(14(17)19)15(20)21/h2-8H,9H2,1H3,(H,16,18)(H,20,21). The molecule has 2 N–H and O–H groups in total. The van der Waals surface area contributed by atoms with Gasteiger partial charge in [0.25, 0.3) is 11.5 Å². The summed E-state index contributed by atoms with van der Waals surface area (Å²) < 4.78 is 5.79. The average Bonchev–Trinajstić information content (AvgIpc) is 2.54. The lowest BCUT2D eigenvalue weighted by Gasteiger charge is -2.11. The molecule has 1 amide bonds. The number of carbonyl (C=O) groups excluding carboxylic acids is 1. The Morgan fingerprint density at radius 3 is 2.65 bits per heavy atom. The minimum Gasteiger partial charge on any atom is -0.495 e. The summed E-state index contributed by atoms with van der Waals surface area (Å²) in [4.78, 5) is 39.5. The van der Waals surface area contributed by atoms with E-state index >= 15 is 0 Å². The van der Waals surface area contributed by atoms with Crippen molar-refractivity contribution >= 4 is 17.6 Å². The molecule has 23 heavy (non-hydrogen) atoms. The summed E-state index contributed by atoms with van der Waals surface area (Å²) in [7, 11) is 1.47. The van der Waals surface area contributed by atoms with Crippen molar-refractivity contribution in [3.63, 3.8) is 0 Å². The van der Waals surface area contributed by atoms with Gasteiger partial charge in [0.2, 0.25) is 0 Å². The summed E-state index contributed by atoms with van der Waals surface area (Å²) in [6, 6.07) is 9.29. The summed E-state index contributed by atoms with van der Waals surface area (Å²) in [6.45, 7) is -0.471. The highest BCUT2D eigenvalue weighted by Gasteiger charge is 2.12. The summed E-state index contributed by atoms with van der Waals surface area (Å²) >= 11 is 0. The number of aromatic carboxylic acids is 1. The van der Waals surface area contributed by atoms with Gasteiger partial charge in [0, 0.05) is 6.20 Å². The quantitative estimate of drug-likeness (QED) is 0.808. The minimum absolute atomic E-state index is 0.447. The minimum atomic E-state index is -1.37. The van der Waals surface area contributed by atoms with Crippen molar-refractivity contribution in [3.05, 3.63) is 58.5 Å². The van der Waals surface area contributed by atoms with Gasteiger partial charge < -0.3 is 20.0 Å². The Bertz CT molecular complexity index is 784. The van der Waals surface area contributed by atoms with Crippen LogP contribution in [0, 0.1) is 0 Å². The maximum Gasteiger partial charge on any atom is 0.341 e. The van der Waals surface area contributed by atoms with Crippen LogP contribution in [0.3, 0.4) is 0 Å². The van der Waals surface area contributed by atoms with Gasteiger partial charge in [-0.2, -0.15) is 4.73 Å². The van der Waals surface area contributed by atoms with Crippen LogP contribution < -0.4 is 20.5 Å². The predicted molar refractivity (Wildman–Crippen MR) is 80.7 cm³/mol. The molecule has 2 aromatic rings. The van der Waals surface area contributed by atoms with E-state index in [-0.39, 0.29) is 0 Å². The second kappa shape index (κ2) is 7.12. The van der Waals surface area contributed by atoms with E-state index in [1.807, 2.05) is 0 Å². The van der Waals surface area contributed by atoms with Crippen molar-refractivity contribution in [2.24, 2.45) is 0 Å². The van der Waals surface area contributed by atoms with Crippen LogP contribution in [0.15, 0.2) is 47.4 Å². The van der Waals surface area contributed by atoms with Crippen LogP contribution in [-0.4, -0.2) is 35.4 Å². The summed E-state index contributed by atoms with van der Waals surface area (Å²) in [6.07, 6.45) is 1.23. The van der Waals surface area contributed by atoms with Gasteiger partial charge in [-0.1, -0.05) is 12.1 Å². The number of para-hydroxylation sites is 2. The van der Waals surface area contributed by atoms with Crippen LogP contribution in [0.2, 0.25) is 0 Å². The molecule has 1 aromatic heterocycles. The SMILES string of the molecule is COc1ccccc1NC(=O)COn1cccc(C(=O)O)c1=O. The van der Waals surface area contributed by atoms with Crippen LogP contribution >= 0.6 is 0 Å². The number of nitrogens with zero attached hydrogens (tertiary/aromatic N) is 1. The van der Waals surface area contributed by atoms with Crippen LogP contribution in [0.5, 0.6) is 5.75 Å². The number of benzene rings is 1. The number of methoxy groups -OCH3 is 1. The van der Waals surface area contributed by atoms with E-state index < -0.39 is 29.6 Å². The Balaban J connectivity index is 2.04. The highest BCUT2D eigenvalue weighted by Crippen LogP contribution is 2.22. The molecule has 0 aliphatic heterocycles. The van der Waals surface area contributed by atoms with Crippen LogP contribution in [-0.2, 0) is 4.79 Å². The molecule has 0 bridgehead atoms. The molecule has 0 aliphatic rings. The van der Waals surface area contributed by atoms with Crippen LogP contribution in [0.25, 0.3) is 0 Å². The van der Waals surface area contributed by atoms with E-state index in [1.54, 1.807) is 24.3 Å². The Kier molecular flexibility index (Phi) is 4.98. The summed E-state index contributed by atoms with van der Waals surface area (Å²) in [5, 5.41) is 11.4. The maximum atomic E-state index is 11.9. The fourth-order valence-corrected chi connectivity index (χ4v) is 1.80. The largest absolute Gasteiger partial charge is 0.495 e. The molecule has 8 heteroatoms. The zero-order valence-corrected chi connectivity index (χ0v) is 12.2. The topological polar surface area (TPSA) is 107 Å². The van der Waals surface area contributed by atoms with Gasteiger partial charge in [-0.3, -0.25) is 9.59 Å². The highest BCUT2D eigenvalue weighted by atomic mass is 16.7. The lowest BCUT2D eigenvalue weighted by atomic mass is 10.3. The number of anilines is 1. The third-order valence-electron chi connectivity index (χ3n) is 2.86. The van der Waals surface area contributed by atoms with E-state index in [9.17, 15) is 14.4 Å². The molecular weight excluding hydrogens is 304 g/mol. The fraction of sp³-hybridized carbons (Fsp3) is 0.133. The van der Waals surface area contributed by atoms with Crippen molar-refractivity contribution in [1.82, 2.24) is 4.73 Å². The first kappa shape index (κ1) is 16.1. The number of amides is 1. The molecule has 0 unspecified atom stereocenters. The monoisotopic (exact) mass is 318 g/mol. The Morgan fingerprint density at radius 2 is 1.96 bits per heavy atom. The first-order chi connectivity index (χ1) is 11.0. The first-order valence-corrected chi connectivity index (χ1v) is 6.54. The number of rotatable bonds is 6. The fourth-order valence-electron chi connectivity index (χ4n) is 1.80. The van der Waals surface area contributed by atoms with Crippen molar-refractivity contribution in [1.29, 1.82) is 0 Å². The molecule has 0 aliphatic carbocycles. The van der Waals surface area contributed by atoms with Gasteiger partial charge in [-0.05, 0) is 24.3 Å². The number of hydrogen-bond donors (Lipinski definition) is 2. The molecule has 0 radical (unpaired) electrons. The zero-order valence-electron chi connectivity index (χ0n) is 12.2. The van der Waals surface area contributed by atoms with Gasteiger partial charge >= 0.3 is 5.97 Å². The Morgan fingerprint density at radius 1 is 1.22 bits per heavy atom. The second-order valence-corrected chi connectivity index (χ2v) is 4.38. The third-order valence-corrected chi connectivity index (χ3v) is 2.86. The number of pyridine rings is 1. The Labute approximate surface area is 130 Å². The average molecular weight is 318 g/mol. The molecule has 0 fully saturated rings. The second-order valence-electron chi connectivity index (χ2n) is 4.38. The van der Waals surface area contributed by atoms with Gasteiger partial charge in [-0.15, -0.1) is 0 Å². The highest BCUT2D eigenvalue weighted by molar-refractivity contribution is 5.93. The molecule has 120 valence electrons. The van der Waals surface area contributed by atoms with Gasteiger partial charge in [-0.25, -0.2) is 4.79 Å². The van der Waals surface area contributed by atoms with Gasteiger partial charge in [0.15, 0.2) is 6.61 Å². The number of carboxylic acids is 1. The van der Waals surface area contributed by atoms with E-state index in [4.69, 9.17) is 14.7 Å². The maximum absolute atomic E-state index is 11.9. The lowest BCUT2D eigenvalue weighted by Crippen LogP contribution is -2.34. The zero-order chi connectivity index (χ0) is 16.8. The van der Waals surface area contributed by atoms with E-state index in [0.29, 0.717) is 16.2 Å². The summed E-state index contributed by atoms with van der Waals surface area (Å²) in [5.74, 6) is -1.42. The first-order valence-electron chi connectivity index (χ1n) is 6.54. The Hall–Kier alpha value is -3.29. The smallest absolute Gasteiger partial charge is 0.341 e. The molecule has 0 atom stereocenters. The van der Waals surface area contributed by atoms with E-state index in [0.717, 1.165) is 6.07 Å². The van der Waals surface area contributed by atoms with Crippen molar-refractivity contribution in [2.45, 2.75) is 0 Å². The number of carbonyl (C=O) groups is 2. The van der Waals surface area contributed by atoms with E-state index in [2.05, 4.69) is 5.32 Å². The molecule has 0 saturated carbocycles. The van der Waals surface area contributed by atoms with Crippen LogP contribution in [0.1, 0.15) is 10.4 Å².